The van der Waals surface area contributed by atoms with Crippen LogP contribution in [0.1, 0.15) is 0 Å². The molecule has 17 heteroatoms. The fourth-order valence-electron chi connectivity index (χ4n) is 0.259. The van der Waals surface area contributed by atoms with Crippen LogP contribution in [0.4, 0.5) is 0 Å². The quantitative estimate of drug-likeness (QED) is 0.266. The van der Waals surface area contributed by atoms with Gasteiger partial charge in [0, 0.05) is 0 Å². The molecule has 0 unspecified atom stereocenters. The summed E-state index contributed by atoms with van der Waals surface area (Å²) in [5.74, 6) is -3.65. The first-order valence-electron chi connectivity index (χ1n) is 3.51. The van der Waals surface area contributed by atoms with Crippen LogP contribution < -0.4 is 0 Å². The van der Waals surface area contributed by atoms with Crippen molar-refractivity contribution in [1.29, 1.82) is 0 Å². The van der Waals surface area contributed by atoms with Crippen LogP contribution >= 0.6 is 0 Å². The molecule has 0 spiro atoms. The second kappa shape index (κ2) is 17.5. The van der Waals surface area contributed by atoms with Gasteiger partial charge in [-0.25, -0.2) is 9.59 Å². The van der Waals surface area contributed by atoms with E-state index in [9.17, 15) is 9.41 Å². The third-order valence-electron chi connectivity index (χ3n) is 0.760. The topological polar surface area (TPSA) is 177 Å². The Morgan fingerprint density at radius 1 is 0.842 bits per heavy atom. The maximum absolute atomic E-state index is 9.50. The van der Waals surface area contributed by atoms with Gasteiger partial charge in [0.15, 0.2) is 0 Å². The Kier molecular flexibility index (Phi) is 24.8. The first kappa shape index (κ1) is 26.9. The van der Waals surface area contributed by atoms with E-state index < -0.39 is 26.6 Å². The minimum atomic E-state index is -1.96. The fraction of sp³-hybridized carbons (Fsp3) is 0. The summed E-state index contributed by atoms with van der Waals surface area (Å²) in [7, 11) is -4.11. The van der Waals surface area contributed by atoms with Gasteiger partial charge < -0.3 is 10.2 Å². The summed E-state index contributed by atoms with van der Waals surface area (Å²) in [6.07, 6.45) is 0. The molecular formula is C2H6B4Li2O11. The van der Waals surface area contributed by atoms with Crippen molar-refractivity contribution in [3.8, 4) is 0 Å². The summed E-state index contributed by atoms with van der Waals surface area (Å²) in [5, 5.41) is 31.6. The number of carboxylic acid groups (broad SMARTS) is 2. The summed E-state index contributed by atoms with van der Waals surface area (Å²) in [5.41, 5.74) is 0. The van der Waals surface area contributed by atoms with E-state index in [2.05, 4.69) is 13.7 Å². The van der Waals surface area contributed by atoms with Crippen LogP contribution in [0.5, 0.6) is 0 Å². The Morgan fingerprint density at radius 2 is 1.11 bits per heavy atom. The van der Waals surface area contributed by atoms with E-state index in [-0.39, 0.29) is 52.4 Å². The first-order chi connectivity index (χ1) is 7.84. The van der Waals surface area contributed by atoms with E-state index in [0.29, 0.717) is 0 Å². The number of rotatable bonds is 6. The van der Waals surface area contributed by atoms with Crippen molar-refractivity contribution in [1.82, 2.24) is 0 Å². The predicted molar refractivity (Wildman–Crippen MR) is 61.7 cm³/mol. The van der Waals surface area contributed by atoms with Crippen LogP contribution in [-0.4, -0.2) is 99.3 Å². The van der Waals surface area contributed by atoms with E-state index in [4.69, 9.17) is 29.9 Å². The van der Waals surface area contributed by atoms with E-state index in [1.165, 1.54) is 0 Å². The van der Waals surface area contributed by atoms with Gasteiger partial charge in [-0.05, 0) is 0 Å². The molecule has 19 heavy (non-hydrogen) atoms. The molecule has 0 aliphatic rings. The van der Waals surface area contributed by atoms with Gasteiger partial charge in [-0.1, -0.05) is 0 Å². The average molecular weight is 263 g/mol. The van der Waals surface area contributed by atoms with Gasteiger partial charge in [0.25, 0.3) is 0 Å². The van der Waals surface area contributed by atoms with Crippen LogP contribution in [0.3, 0.4) is 0 Å². The van der Waals surface area contributed by atoms with Crippen LogP contribution in [0, 0.1) is 0 Å². The van der Waals surface area contributed by atoms with Crippen molar-refractivity contribution < 1.29 is 53.0 Å². The molecule has 0 rings (SSSR count). The number of aliphatic carboxylic acids is 2. The first-order valence-corrected chi connectivity index (χ1v) is 3.51. The third-order valence-corrected chi connectivity index (χ3v) is 0.760. The van der Waals surface area contributed by atoms with Crippen LogP contribution in [-0.2, 0) is 32.7 Å². The Bertz CT molecular complexity index is 249. The molecular weight excluding hydrogens is 257 g/mol. The van der Waals surface area contributed by atoms with Crippen LogP contribution in [0.15, 0.2) is 0 Å². The van der Waals surface area contributed by atoms with Gasteiger partial charge in [-0.15, -0.1) is 0 Å². The molecule has 0 fully saturated rings. The maximum atomic E-state index is 9.50. The van der Waals surface area contributed by atoms with Crippen LogP contribution in [0.2, 0.25) is 0 Å². The fourth-order valence-corrected chi connectivity index (χ4v) is 0.259. The normalized spacial score (nSPS) is 6.63. The van der Waals surface area contributed by atoms with Crippen molar-refractivity contribution in [2.45, 2.75) is 0 Å². The Labute approximate surface area is 132 Å². The molecule has 0 aliphatic heterocycles. The van der Waals surface area contributed by atoms with Crippen molar-refractivity contribution in [2.24, 2.45) is 0 Å². The molecule has 11 nitrogen and oxygen atoms in total. The third kappa shape index (κ3) is 23.0. The number of hydrogen-bond acceptors (Lipinski definition) is 9. The zero-order chi connectivity index (χ0) is 13.8. The molecule has 0 bridgehead atoms. The van der Waals surface area contributed by atoms with Crippen molar-refractivity contribution in [2.75, 3.05) is 0 Å². The second-order valence-electron chi connectivity index (χ2n) is 1.83. The van der Waals surface area contributed by atoms with Gasteiger partial charge in [0.05, 0.1) is 0 Å². The zero-order valence-electron chi connectivity index (χ0n) is 7.96. The molecule has 0 aliphatic carbocycles. The average Bonchev–Trinajstić information content (AvgIpc) is 2.18. The van der Waals surface area contributed by atoms with Gasteiger partial charge in [0.1, 0.15) is 0 Å². The summed E-state index contributed by atoms with van der Waals surface area (Å²) in [6, 6.07) is 0. The molecule has 0 aromatic heterocycles. The monoisotopic (exact) mass is 264 g/mol. The number of carboxylic acids is 2. The van der Waals surface area contributed by atoms with Crippen LogP contribution in [0.25, 0.3) is 0 Å². The molecule has 0 aromatic carbocycles. The van der Waals surface area contributed by atoms with Gasteiger partial charge in [-0.2, -0.15) is 0 Å². The van der Waals surface area contributed by atoms with Gasteiger partial charge in [-0.3, -0.25) is 0 Å². The SMILES string of the molecule is O=BOB(O)OB(O)OB=O.O=C(O)C(=O)O.[LiH].[LiH]. The molecule has 0 saturated heterocycles. The van der Waals surface area contributed by atoms with E-state index in [0.717, 1.165) is 0 Å². The van der Waals surface area contributed by atoms with E-state index in [1.807, 2.05) is 0 Å². The van der Waals surface area contributed by atoms with Crippen molar-refractivity contribution in [3.05, 3.63) is 0 Å². The van der Waals surface area contributed by atoms with Crippen molar-refractivity contribution >= 4 is 79.0 Å². The van der Waals surface area contributed by atoms with E-state index in [1.54, 1.807) is 0 Å². The Balaban J connectivity index is -0.000000123. The zero-order valence-corrected chi connectivity index (χ0v) is 7.96. The molecule has 0 heterocycles. The number of hydrogen-bond donors (Lipinski definition) is 4. The molecule has 94 valence electrons. The molecule has 4 N–H and O–H groups in total. The molecule has 0 amide bonds. The molecule has 0 radical (unpaired) electrons. The summed E-state index contributed by atoms with van der Waals surface area (Å²) >= 11 is 0. The molecule has 0 aromatic rings. The second-order valence-corrected chi connectivity index (χ2v) is 1.83. The number of carbonyl (C=O) groups is 2. The predicted octanol–water partition coefficient (Wildman–Crippen LogP) is -5.22. The van der Waals surface area contributed by atoms with Gasteiger partial charge >= 0.3 is 112 Å². The Morgan fingerprint density at radius 3 is 1.26 bits per heavy atom. The van der Waals surface area contributed by atoms with Gasteiger partial charge in [0.2, 0.25) is 0 Å². The van der Waals surface area contributed by atoms with Crippen molar-refractivity contribution in [3.63, 3.8) is 0 Å². The standard InChI is InChI=1S/C2H2O4.B4H2O7.2Li.2H/c3-1(4)2(5)6;5-1-9-3(7)11-4(8)10-2-6;;;;/h(H,3,4)(H,5,6);7-8H;;;;. The summed E-state index contributed by atoms with van der Waals surface area (Å²) in [4.78, 5) is 18.2. The summed E-state index contributed by atoms with van der Waals surface area (Å²) < 4.78 is 30.4. The van der Waals surface area contributed by atoms with E-state index >= 15 is 0 Å². The molecule has 0 saturated carbocycles. The minimum absolute atomic E-state index is 0. The Hall–Kier alpha value is -0.525. The molecule has 0 atom stereocenters. The summed E-state index contributed by atoms with van der Waals surface area (Å²) in [6.45, 7) is 0.